The molecule has 1 aromatic carbocycles. The molecule has 1 amide bonds. The van der Waals surface area contributed by atoms with Gasteiger partial charge in [-0.05, 0) is 17.2 Å². The maximum Gasteiger partial charge on any atom is 0.220 e. The number of ether oxygens (including phenoxy) is 1. The van der Waals surface area contributed by atoms with Crippen LogP contribution in [-0.2, 0) is 17.8 Å². The summed E-state index contributed by atoms with van der Waals surface area (Å²) in [5.41, 5.74) is 1.94. The van der Waals surface area contributed by atoms with Crippen molar-refractivity contribution in [2.75, 3.05) is 6.61 Å². The number of hydrogen-bond acceptors (Lipinski definition) is 4. The molecule has 0 aliphatic carbocycles. The molecular formula is C17H19N3O2. The van der Waals surface area contributed by atoms with Gasteiger partial charge in [0.25, 0.3) is 0 Å². The fraction of sp³-hybridized carbons (Fsp3) is 0.471. The zero-order chi connectivity index (χ0) is 15.4. The minimum absolute atomic E-state index is 0.0223. The fourth-order valence-electron chi connectivity index (χ4n) is 2.62. The lowest BCUT2D eigenvalue weighted by Crippen LogP contribution is -2.24. The van der Waals surface area contributed by atoms with Crippen LogP contribution < -0.4 is 10.1 Å². The molecule has 0 spiro atoms. The first-order chi connectivity index (χ1) is 10.7. The van der Waals surface area contributed by atoms with Gasteiger partial charge in [0, 0.05) is 38.6 Å². The third-order valence-corrected chi connectivity index (χ3v) is 4.05. The van der Waals surface area contributed by atoms with E-state index in [9.17, 15) is 4.79 Å². The number of carbonyl (C=O) groups is 1. The van der Waals surface area contributed by atoms with Crippen LogP contribution in [0, 0.1) is 12.3 Å². The van der Waals surface area contributed by atoms with E-state index >= 15 is 0 Å². The molecule has 1 aromatic rings. The zero-order valence-corrected chi connectivity index (χ0v) is 12.5. The molecule has 0 aromatic heterocycles. The third kappa shape index (κ3) is 3.45. The molecule has 0 fully saturated rings. The van der Waals surface area contributed by atoms with Crippen molar-refractivity contribution in [3.8, 4) is 18.1 Å². The number of nitrogens with zero attached hydrogens (tertiary/aromatic N) is 2. The quantitative estimate of drug-likeness (QED) is 0.786. The third-order valence-electron chi connectivity index (χ3n) is 4.05. The van der Waals surface area contributed by atoms with Crippen LogP contribution in [0.25, 0.3) is 0 Å². The summed E-state index contributed by atoms with van der Waals surface area (Å²) in [7, 11) is 0. The molecule has 5 heteroatoms. The molecule has 0 atom stereocenters. The standard InChI is InChI=1S/C17H19N3O2/c1-2-3-8-17(19-20-17)9-6-16(21)18-12-13-4-5-15-14(11-13)7-10-22-15/h1,4-5,11H,3,6-10,12H2,(H,18,21). The van der Waals surface area contributed by atoms with Gasteiger partial charge in [0.2, 0.25) is 5.91 Å². The van der Waals surface area contributed by atoms with E-state index in [4.69, 9.17) is 11.2 Å². The minimum atomic E-state index is -0.380. The first-order valence-electron chi connectivity index (χ1n) is 7.60. The Hall–Kier alpha value is -2.35. The van der Waals surface area contributed by atoms with Gasteiger partial charge in [0.15, 0.2) is 5.66 Å². The lowest BCUT2D eigenvalue weighted by Gasteiger charge is -2.10. The van der Waals surface area contributed by atoms with E-state index in [-0.39, 0.29) is 11.6 Å². The zero-order valence-electron chi connectivity index (χ0n) is 12.5. The Balaban J connectivity index is 1.42. The molecule has 2 heterocycles. The van der Waals surface area contributed by atoms with Gasteiger partial charge in [-0.15, -0.1) is 12.3 Å². The highest BCUT2D eigenvalue weighted by atomic mass is 16.5. The molecule has 3 rings (SSSR count). The van der Waals surface area contributed by atoms with Gasteiger partial charge in [-0.3, -0.25) is 4.79 Å². The molecule has 0 radical (unpaired) electrons. The van der Waals surface area contributed by atoms with Crippen LogP contribution in [0.3, 0.4) is 0 Å². The molecule has 2 aliphatic heterocycles. The van der Waals surface area contributed by atoms with Gasteiger partial charge in [0.05, 0.1) is 6.61 Å². The van der Waals surface area contributed by atoms with E-state index in [1.54, 1.807) is 0 Å². The Labute approximate surface area is 130 Å². The second-order valence-electron chi connectivity index (χ2n) is 5.70. The SMILES string of the molecule is C#CCCC1(CCC(=O)NCc2ccc3c(c2)CCO3)N=N1. The van der Waals surface area contributed by atoms with E-state index in [1.807, 2.05) is 12.1 Å². The highest BCUT2D eigenvalue weighted by Crippen LogP contribution is 2.37. The van der Waals surface area contributed by atoms with E-state index in [1.165, 1.54) is 5.56 Å². The number of amides is 1. The van der Waals surface area contributed by atoms with Crippen LogP contribution in [-0.4, -0.2) is 18.2 Å². The summed E-state index contributed by atoms with van der Waals surface area (Å²) in [5, 5.41) is 11.0. The van der Waals surface area contributed by atoms with Gasteiger partial charge in [-0.25, -0.2) is 0 Å². The first kappa shape index (κ1) is 14.6. The Morgan fingerprint density at radius 1 is 1.41 bits per heavy atom. The van der Waals surface area contributed by atoms with Crippen molar-refractivity contribution < 1.29 is 9.53 Å². The van der Waals surface area contributed by atoms with Gasteiger partial charge < -0.3 is 10.1 Å². The Kier molecular flexibility index (Phi) is 4.10. The second kappa shape index (κ2) is 6.18. The van der Waals surface area contributed by atoms with Crippen LogP contribution in [0.2, 0.25) is 0 Å². The topological polar surface area (TPSA) is 63.0 Å². The van der Waals surface area contributed by atoms with Crippen molar-refractivity contribution >= 4 is 5.91 Å². The molecule has 114 valence electrons. The summed E-state index contributed by atoms with van der Waals surface area (Å²) in [6.45, 7) is 1.29. The highest BCUT2D eigenvalue weighted by molar-refractivity contribution is 5.76. The van der Waals surface area contributed by atoms with Crippen LogP contribution in [0.15, 0.2) is 28.4 Å². The Bertz CT molecular complexity index is 640. The summed E-state index contributed by atoms with van der Waals surface area (Å²) in [6, 6.07) is 6.06. The summed E-state index contributed by atoms with van der Waals surface area (Å²) in [4.78, 5) is 11.9. The van der Waals surface area contributed by atoms with Crippen molar-refractivity contribution in [3.63, 3.8) is 0 Å². The fourth-order valence-corrected chi connectivity index (χ4v) is 2.62. The van der Waals surface area contributed by atoms with Crippen LogP contribution >= 0.6 is 0 Å². The number of nitrogens with one attached hydrogen (secondary N) is 1. The number of fused-ring (bicyclic) bond motifs is 1. The van der Waals surface area contributed by atoms with Gasteiger partial charge in [0.1, 0.15) is 5.75 Å². The number of carbonyl (C=O) groups excluding carboxylic acids is 1. The smallest absolute Gasteiger partial charge is 0.220 e. The predicted molar refractivity (Wildman–Crippen MR) is 82.4 cm³/mol. The van der Waals surface area contributed by atoms with Gasteiger partial charge >= 0.3 is 0 Å². The molecule has 0 bridgehead atoms. The average molecular weight is 297 g/mol. The number of terminal acetylenes is 1. The molecular weight excluding hydrogens is 278 g/mol. The van der Waals surface area contributed by atoms with E-state index < -0.39 is 0 Å². The van der Waals surface area contributed by atoms with E-state index in [0.717, 1.165) is 30.8 Å². The summed E-state index contributed by atoms with van der Waals surface area (Å²) in [6.07, 6.45) is 8.63. The van der Waals surface area contributed by atoms with Crippen molar-refractivity contribution in [2.24, 2.45) is 10.2 Å². The first-order valence-corrected chi connectivity index (χ1v) is 7.60. The minimum Gasteiger partial charge on any atom is -0.493 e. The van der Waals surface area contributed by atoms with Gasteiger partial charge in [-0.2, -0.15) is 10.2 Å². The largest absolute Gasteiger partial charge is 0.493 e. The molecule has 0 saturated heterocycles. The number of hydrogen-bond donors (Lipinski definition) is 1. The Morgan fingerprint density at radius 2 is 2.27 bits per heavy atom. The van der Waals surface area contributed by atoms with Gasteiger partial charge in [-0.1, -0.05) is 12.1 Å². The second-order valence-corrected chi connectivity index (χ2v) is 5.70. The molecule has 22 heavy (non-hydrogen) atoms. The molecule has 5 nitrogen and oxygen atoms in total. The maximum absolute atomic E-state index is 11.9. The van der Waals surface area contributed by atoms with Crippen LogP contribution in [0.4, 0.5) is 0 Å². The van der Waals surface area contributed by atoms with Crippen molar-refractivity contribution in [2.45, 2.75) is 44.3 Å². The maximum atomic E-state index is 11.9. The summed E-state index contributed by atoms with van der Waals surface area (Å²) in [5.74, 6) is 3.57. The van der Waals surface area contributed by atoms with Crippen molar-refractivity contribution in [1.82, 2.24) is 5.32 Å². The predicted octanol–water partition coefficient (Wildman–Crippen LogP) is 2.59. The number of benzene rings is 1. The molecule has 2 aliphatic rings. The van der Waals surface area contributed by atoms with E-state index in [2.05, 4.69) is 27.5 Å². The normalized spacial score (nSPS) is 16.5. The summed E-state index contributed by atoms with van der Waals surface area (Å²) >= 11 is 0. The van der Waals surface area contributed by atoms with Crippen molar-refractivity contribution in [1.29, 1.82) is 0 Å². The number of rotatable bonds is 7. The van der Waals surface area contributed by atoms with Crippen LogP contribution in [0.1, 0.15) is 36.8 Å². The molecule has 0 saturated carbocycles. The lowest BCUT2D eigenvalue weighted by atomic mass is 10.0. The highest BCUT2D eigenvalue weighted by Gasteiger charge is 2.39. The molecule has 0 unspecified atom stereocenters. The average Bonchev–Trinajstić information content (AvgIpc) is 3.16. The molecule has 1 N–H and O–H groups in total. The van der Waals surface area contributed by atoms with E-state index in [0.29, 0.717) is 25.8 Å². The lowest BCUT2D eigenvalue weighted by molar-refractivity contribution is -0.121. The van der Waals surface area contributed by atoms with Crippen LogP contribution in [0.5, 0.6) is 5.75 Å². The summed E-state index contributed by atoms with van der Waals surface area (Å²) < 4.78 is 5.47. The van der Waals surface area contributed by atoms with Crippen molar-refractivity contribution in [3.05, 3.63) is 29.3 Å². The Morgan fingerprint density at radius 3 is 3.05 bits per heavy atom. The monoisotopic (exact) mass is 297 g/mol.